The molecule has 6 heteroatoms. The molecule has 3 aromatic carbocycles. The minimum absolute atomic E-state index is 0.0460. The van der Waals surface area contributed by atoms with Crippen molar-refractivity contribution in [2.45, 2.75) is 13.0 Å². The van der Waals surface area contributed by atoms with Crippen molar-refractivity contribution in [3.05, 3.63) is 106 Å². The number of carbonyl (C=O) groups is 1. The summed E-state index contributed by atoms with van der Waals surface area (Å²) >= 11 is 12.1. The molecule has 0 saturated heterocycles. The molecule has 1 heterocycles. The van der Waals surface area contributed by atoms with Gasteiger partial charge in [-0.25, -0.2) is 4.68 Å². The number of nitrogens with one attached hydrogen (secondary N) is 1. The second-order valence-corrected chi connectivity index (χ2v) is 7.73. The van der Waals surface area contributed by atoms with Gasteiger partial charge in [0.2, 0.25) is 5.91 Å². The summed E-state index contributed by atoms with van der Waals surface area (Å²) < 4.78 is 1.85. The van der Waals surface area contributed by atoms with E-state index in [2.05, 4.69) is 5.32 Å². The van der Waals surface area contributed by atoms with Crippen LogP contribution in [0.4, 0.5) is 0 Å². The smallest absolute Gasteiger partial charge is 0.224 e. The van der Waals surface area contributed by atoms with Gasteiger partial charge in [0.15, 0.2) is 0 Å². The first-order chi connectivity index (χ1) is 14.6. The van der Waals surface area contributed by atoms with Gasteiger partial charge in [-0.3, -0.25) is 4.79 Å². The molecule has 1 aromatic heterocycles. The zero-order valence-electron chi connectivity index (χ0n) is 16.1. The Morgan fingerprint density at radius 2 is 1.50 bits per heavy atom. The van der Waals surface area contributed by atoms with Crippen LogP contribution in [0.15, 0.2) is 84.9 Å². The molecule has 0 atom stereocenters. The maximum Gasteiger partial charge on any atom is 0.224 e. The van der Waals surface area contributed by atoms with Crippen molar-refractivity contribution < 1.29 is 4.79 Å². The molecule has 0 aliphatic rings. The van der Waals surface area contributed by atoms with E-state index < -0.39 is 0 Å². The predicted octanol–water partition coefficient (Wildman–Crippen LogP) is 5.71. The molecular formula is C24H19Cl2N3O. The Morgan fingerprint density at radius 1 is 0.867 bits per heavy atom. The second kappa shape index (κ2) is 9.16. The van der Waals surface area contributed by atoms with Crippen molar-refractivity contribution in [1.82, 2.24) is 15.1 Å². The van der Waals surface area contributed by atoms with Gasteiger partial charge in [0, 0.05) is 15.6 Å². The molecule has 0 unspecified atom stereocenters. The summed E-state index contributed by atoms with van der Waals surface area (Å²) in [6.45, 7) is 0.340. The zero-order valence-corrected chi connectivity index (χ0v) is 17.6. The van der Waals surface area contributed by atoms with Crippen LogP contribution < -0.4 is 5.32 Å². The molecule has 1 amide bonds. The van der Waals surface area contributed by atoms with E-state index in [0.29, 0.717) is 23.0 Å². The van der Waals surface area contributed by atoms with E-state index in [9.17, 15) is 4.79 Å². The Labute approximate surface area is 185 Å². The molecule has 0 aliphatic carbocycles. The first-order valence-electron chi connectivity index (χ1n) is 9.50. The van der Waals surface area contributed by atoms with E-state index in [0.717, 1.165) is 28.2 Å². The molecule has 0 saturated carbocycles. The molecule has 0 fully saturated rings. The Bertz CT molecular complexity index is 1070. The van der Waals surface area contributed by atoms with Gasteiger partial charge < -0.3 is 5.32 Å². The highest BCUT2D eigenvalue weighted by Gasteiger charge is 2.13. The SMILES string of the molecule is O=C(Cc1ccccc1)NCc1cc(-c2ccc(Cl)cc2)n(-c2ccc(Cl)cc2)n1. The molecule has 4 nitrogen and oxygen atoms in total. The second-order valence-electron chi connectivity index (χ2n) is 6.86. The highest BCUT2D eigenvalue weighted by atomic mass is 35.5. The van der Waals surface area contributed by atoms with Crippen LogP contribution in [0, 0.1) is 0 Å². The summed E-state index contributed by atoms with van der Waals surface area (Å²) in [6.07, 6.45) is 0.336. The van der Waals surface area contributed by atoms with Gasteiger partial charge in [0.05, 0.1) is 30.0 Å². The van der Waals surface area contributed by atoms with E-state index >= 15 is 0 Å². The summed E-state index contributed by atoms with van der Waals surface area (Å²) in [5, 5.41) is 9.00. The van der Waals surface area contributed by atoms with Gasteiger partial charge in [0.25, 0.3) is 0 Å². The normalized spacial score (nSPS) is 10.7. The molecule has 0 spiro atoms. The van der Waals surface area contributed by atoms with Gasteiger partial charge in [-0.15, -0.1) is 0 Å². The number of benzene rings is 3. The third kappa shape index (κ3) is 4.90. The fourth-order valence-corrected chi connectivity index (χ4v) is 3.41. The lowest BCUT2D eigenvalue weighted by Crippen LogP contribution is -2.24. The predicted molar refractivity (Wildman–Crippen MR) is 121 cm³/mol. The highest BCUT2D eigenvalue weighted by Crippen LogP contribution is 2.26. The van der Waals surface area contributed by atoms with Crippen molar-refractivity contribution in [2.24, 2.45) is 0 Å². The Morgan fingerprint density at radius 3 is 2.17 bits per heavy atom. The minimum Gasteiger partial charge on any atom is -0.350 e. The third-order valence-corrected chi connectivity index (χ3v) is 5.15. The molecular weight excluding hydrogens is 417 g/mol. The molecule has 30 heavy (non-hydrogen) atoms. The van der Waals surface area contributed by atoms with E-state index in [1.807, 2.05) is 89.6 Å². The lowest BCUT2D eigenvalue weighted by Gasteiger charge is -2.08. The van der Waals surface area contributed by atoms with Crippen molar-refractivity contribution in [3.8, 4) is 16.9 Å². The number of amides is 1. The molecule has 4 aromatic rings. The summed E-state index contributed by atoms with van der Waals surface area (Å²) in [7, 11) is 0. The van der Waals surface area contributed by atoms with Crippen molar-refractivity contribution in [3.63, 3.8) is 0 Å². The lowest BCUT2D eigenvalue weighted by atomic mass is 10.1. The third-order valence-electron chi connectivity index (χ3n) is 4.65. The topological polar surface area (TPSA) is 46.9 Å². The highest BCUT2D eigenvalue weighted by molar-refractivity contribution is 6.30. The first-order valence-corrected chi connectivity index (χ1v) is 10.3. The van der Waals surface area contributed by atoms with E-state index in [1.165, 1.54) is 0 Å². The Hall–Kier alpha value is -3.08. The van der Waals surface area contributed by atoms with Crippen LogP contribution in [0.2, 0.25) is 10.0 Å². The average Bonchev–Trinajstić information content (AvgIpc) is 3.18. The molecule has 0 radical (unpaired) electrons. The number of hydrogen-bond donors (Lipinski definition) is 1. The Kier molecular flexibility index (Phi) is 6.17. The van der Waals surface area contributed by atoms with Crippen molar-refractivity contribution >= 4 is 29.1 Å². The van der Waals surface area contributed by atoms with Crippen LogP contribution in [0.5, 0.6) is 0 Å². The quantitative estimate of drug-likeness (QED) is 0.421. The number of carbonyl (C=O) groups excluding carboxylic acids is 1. The van der Waals surface area contributed by atoms with Crippen molar-refractivity contribution in [2.75, 3.05) is 0 Å². The van der Waals surface area contributed by atoms with Gasteiger partial charge in [-0.2, -0.15) is 5.10 Å². The summed E-state index contributed by atoms with van der Waals surface area (Å²) in [4.78, 5) is 12.3. The van der Waals surface area contributed by atoms with Crippen molar-refractivity contribution in [1.29, 1.82) is 0 Å². The van der Waals surface area contributed by atoms with Crippen LogP contribution >= 0.6 is 23.2 Å². The minimum atomic E-state index is -0.0460. The van der Waals surface area contributed by atoms with E-state index in [1.54, 1.807) is 0 Å². The summed E-state index contributed by atoms with van der Waals surface area (Å²) in [5.74, 6) is -0.0460. The monoisotopic (exact) mass is 435 g/mol. The maximum absolute atomic E-state index is 12.3. The molecule has 0 aliphatic heterocycles. The molecule has 1 N–H and O–H groups in total. The van der Waals surface area contributed by atoms with Gasteiger partial charge >= 0.3 is 0 Å². The number of hydrogen-bond acceptors (Lipinski definition) is 2. The van der Waals surface area contributed by atoms with Crippen LogP contribution in [-0.4, -0.2) is 15.7 Å². The zero-order chi connectivity index (χ0) is 20.9. The number of aromatic nitrogens is 2. The number of rotatable bonds is 6. The first kappa shape index (κ1) is 20.2. The molecule has 150 valence electrons. The number of halogens is 2. The van der Waals surface area contributed by atoms with E-state index in [-0.39, 0.29) is 5.91 Å². The van der Waals surface area contributed by atoms with Gasteiger partial charge in [-0.1, -0.05) is 65.7 Å². The molecule has 0 bridgehead atoms. The van der Waals surface area contributed by atoms with Crippen LogP contribution in [-0.2, 0) is 17.8 Å². The summed E-state index contributed by atoms with van der Waals surface area (Å²) in [5.41, 5.74) is 4.50. The number of nitrogens with zero attached hydrogens (tertiary/aromatic N) is 2. The van der Waals surface area contributed by atoms with Gasteiger partial charge in [-0.05, 0) is 48.0 Å². The standard InChI is InChI=1S/C24H19Cl2N3O/c25-19-8-6-18(7-9-19)23-15-21(28-29(23)22-12-10-20(26)11-13-22)16-27-24(30)14-17-4-2-1-3-5-17/h1-13,15H,14,16H2,(H,27,30). The lowest BCUT2D eigenvalue weighted by molar-refractivity contribution is -0.120. The summed E-state index contributed by atoms with van der Waals surface area (Å²) in [6, 6.07) is 26.7. The van der Waals surface area contributed by atoms with Gasteiger partial charge in [0.1, 0.15) is 0 Å². The fraction of sp³-hybridized carbons (Fsp3) is 0.0833. The fourth-order valence-electron chi connectivity index (χ4n) is 3.15. The molecule has 4 rings (SSSR count). The van der Waals surface area contributed by atoms with Crippen LogP contribution in [0.25, 0.3) is 16.9 Å². The average molecular weight is 436 g/mol. The Balaban J connectivity index is 1.57. The largest absolute Gasteiger partial charge is 0.350 e. The maximum atomic E-state index is 12.3. The van der Waals surface area contributed by atoms with E-state index in [4.69, 9.17) is 28.3 Å². The van der Waals surface area contributed by atoms with Crippen LogP contribution in [0.3, 0.4) is 0 Å². The van der Waals surface area contributed by atoms with Crippen LogP contribution in [0.1, 0.15) is 11.3 Å².